The number of benzene rings is 1. The zero-order chi connectivity index (χ0) is 9.97. The highest BCUT2D eigenvalue weighted by Gasteiger charge is 2.26. The summed E-state index contributed by atoms with van der Waals surface area (Å²) in [5.41, 5.74) is 0.745. The third-order valence-corrected chi connectivity index (χ3v) is 3.04. The van der Waals surface area contributed by atoms with Crippen molar-refractivity contribution < 1.29 is 9.13 Å². The number of rotatable bonds is 2. The molecule has 1 fully saturated rings. The Hall–Kier alpha value is -0.410. The summed E-state index contributed by atoms with van der Waals surface area (Å²) in [7, 11) is 0. The molecule has 1 aliphatic heterocycles. The van der Waals surface area contributed by atoms with Gasteiger partial charge in [-0.25, -0.2) is 4.39 Å². The predicted octanol–water partition coefficient (Wildman–Crippen LogP) is 3.50. The second kappa shape index (κ2) is 4.41. The first-order chi connectivity index (χ1) is 6.77. The number of halogens is 2. The molecule has 0 aliphatic carbocycles. The number of ether oxygens (including phenoxy) is 1. The minimum absolute atomic E-state index is 0.0318. The molecule has 76 valence electrons. The van der Waals surface area contributed by atoms with E-state index in [-0.39, 0.29) is 5.92 Å². The van der Waals surface area contributed by atoms with Crippen LogP contribution in [0.3, 0.4) is 0 Å². The molecule has 3 heteroatoms. The molecule has 0 saturated carbocycles. The van der Waals surface area contributed by atoms with Crippen molar-refractivity contribution in [3.05, 3.63) is 34.3 Å². The van der Waals surface area contributed by atoms with Gasteiger partial charge in [0.05, 0.1) is 6.61 Å². The number of hydrogen-bond donors (Lipinski definition) is 0. The van der Waals surface area contributed by atoms with Crippen molar-refractivity contribution in [2.75, 3.05) is 13.2 Å². The van der Waals surface area contributed by atoms with Crippen LogP contribution in [-0.2, 0) is 4.74 Å². The average molecular weight is 259 g/mol. The van der Waals surface area contributed by atoms with E-state index in [4.69, 9.17) is 4.74 Å². The van der Waals surface area contributed by atoms with E-state index in [1.54, 1.807) is 0 Å². The van der Waals surface area contributed by atoms with E-state index < -0.39 is 6.17 Å². The Bertz CT molecular complexity index is 310. The van der Waals surface area contributed by atoms with Gasteiger partial charge in [0.15, 0.2) is 0 Å². The molecule has 0 bridgehead atoms. The van der Waals surface area contributed by atoms with E-state index >= 15 is 0 Å². The van der Waals surface area contributed by atoms with Gasteiger partial charge in [-0.2, -0.15) is 0 Å². The minimum Gasteiger partial charge on any atom is -0.381 e. The summed E-state index contributed by atoms with van der Waals surface area (Å²) in [4.78, 5) is 0. The summed E-state index contributed by atoms with van der Waals surface area (Å²) >= 11 is 3.34. The standard InChI is InChI=1S/C11H12BrFO/c12-10-3-1-2-8(6-10)11(13)9-4-5-14-7-9/h1-3,6,9,11H,4-5,7H2. The third-order valence-electron chi connectivity index (χ3n) is 2.55. The molecule has 1 saturated heterocycles. The van der Waals surface area contributed by atoms with Crippen molar-refractivity contribution in [1.82, 2.24) is 0 Å². The first kappa shape index (κ1) is 10.1. The maximum absolute atomic E-state index is 13.9. The van der Waals surface area contributed by atoms with Gasteiger partial charge in [-0.05, 0) is 24.1 Å². The summed E-state index contributed by atoms with van der Waals surface area (Å²) in [5.74, 6) is 0.0318. The molecule has 0 amide bonds. The molecular weight excluding hydrogens is 247 g/mol. The van der Waals surface area contributed by atoms with Crippen LogP contribution in [0.4, 0.5) is 4.39 Å². The van der Waals surface area contributed by atoms with Crippen LogP contribution in [0.1, 0.15) is 18.2 Å². The summed E-state index contributed by atoms with van der Waals surface area (Å²) < 4.78 is 20.0. The van der Waals surface area contributed by atoms with Crippen molar-refractivity contribution in [2.45, 2.75) is 12.6 Å². The Morgan fingerprint density at radius 1 is 1.50 bits per heavy atom. The Morgan fingerprint density at radius 2 is 2.36 bits per heavy atom. The Labute approximate surface area is 91.4 Å². The van der Waals surface area contributed by atoms with Crippen molar-refractivity contribution >= 4 is 15.9 Å². The first-order valence-electron chi connectivity index (χ1n) is 4.74. The molecule has 1 aromatic carbocycles. The van der Waals surface area contributed by atoms with Crippen LogP contribution in [-0.4, -0.2) is 13.2 Å². The molecule has 0 radical (unpaired) electrons. The van der Waals surface area contributed by atoms with Gasteiger partial charge in [0.1, 0.15) is 6.17 Å². The van der Waals surface area contributed by atoms with Gasteiger partial charge in [0.2, 0.25) is 0 Å². The lowest BCUT2D eigenvalue weighted by atomic mass is 9.97. The quantitative estimate of drug-likeness (QED) is 0.789. The molecule has 2 unspecified atom stereocenters. The Balaban J connectivity index is 2.13. The molecule has 1 aliphatic rings. The largest absolute Gasteiger partial charge is 0.381 e. The van der Waals surface area contributed by atoms with Crippen LogP contribution >= 0.6 is 15.9 Å². The zero-order valence-corrected chi connectivity index (χ0v) is 9.34. The van der Waals surface area contributed by atoms with Crippen molar-refractivity contribution in [3.8, 4) is 0 Å². The summed E-state index contributed by atoms with van der Waals surface area (Å²) in [6.07, 6.45) is -0.0665. The highest BCUT2D eigenvalue weighted by atomic mass is 79.9. The molecule has 2 rings (SSSR count). The van der Waals surface area contributed by atoms with Crippen LogP contribution in [0.25, 0.3) is 0 Å². The van der Waals surface area contributed by atoms with E-state index in [0.29, 0.717) is 13.2 Å². The number of hydrogen-bond acceptors (Lipinski definition) is 1. The van der Waals surface area contributed by atoms with Gasteiger partial charge in [0, 0.05) is 17.0 Å². The maximum Gasteiger partial charge on any atom is 0.130 e. The lowest BCUT2D eigenvalue weighted by Crippen LogP contribution is -2.08. The SMILES string of the molecule is FC(c1cccc(Br)c1)C1CCOC1. The first-order valence-corrected chi connectivity index (χ1v) is 5.54. The van der Waals surface area contributed by atoms with Crippen LogP contribution in [0.2, 0.25) is 0 Å². The van der Waals surface area contributed by atoms with Crippen LogP contribution < -0.4 is 0 Å². The van der Waals surface area contributed by atoms with Crippen LogP contribution in [0, 0.1) is 5.92 Å². The molecule has 1 nitrogen and oxygen atoms in total. The minimum atomic E-state index is -0.894. The van der Waals surface area contributed by atoms with Gasteiger partial charge >= 0.3 is 0 Å². The van der Waals surface area contributed by atoms with Gasteiger partial charge in [-0.3, -0.25) is 0 Å². The molecular formula is C11H12BrFO. The normalized spacial score (nSPS) is 23.7. The third kappa shape index (κ3) is 2.15. The fraction of sp³-hybridized carbons (Fsp3) is 0.455. The van der Waals surface area contributed by atoms with Gasteiger partial charge in [-0.1, -0.05) is 28.1 Å². The lowest BCUT2D eigenvalue weighted by molar-refractivity contribution is 0.155. The van der Waals surface area contributed by atoms with E-state index in [9.17, 15) is 4.39 Å². The molecule has 0 aromatic heterocycles. The maximum atomic E-state index is 13.9. The molecule has 0 N–H and O–H groups in total. The van der Waals surface area contributed by atoms with Crippen molar-refractivity contribution in [1.29, 1.82) is 0 Å². The molecule has 0 spiro atoms. The summed E-state index contributed by atoms with van der Waals surface area (Å²) in [6, 6.07) is 7.43. The smallest absolute Gasteiger partial charge is 0.130 e. The second-order valence-corrected chi connectivity index (χ2v) is 4.50. The molecule has 14 heavy (non-hydrogen) atoms. The van der Waals surface area contributed by atoms with Gasteiger partial charge < -0.3 is 4.74 Å². The van der Waals surface area contributed by atoms with Gasteiger partial charge in [0.25, 0.3) is 0 Å². The molecule has 2 atom stereocenters. The van der Waals surface area contributed by atoms with E-state index in [2.05, 4.69) is 15.9 Å². The van der Waals surface area contributed by atoms with Crippen LogP contribution in [0.5, 0.6) is 0 Å². The zero-order valence-electron chi connectivity index (χ0n) is 7.75. The lowest BCUT2D eigenvalue weighted by Gasteiger charge is -2.14. The summed E-state index contributed by atoms with van der Waals surface area (Å²) in [6.45, 7) is 1.24. The van der Waals surface area contributed by atoms with Crippen LogP contribution in [0.15, 0.2) is 28.7 Å². The summed E-state index contributed by atoms with van der Waals surface area (Å²) in [5, 5.41) is 0. The van der Waals surface area contributed by atoms with E-state index in [0.717, 1.165) is 16.5 Å². The number of alkyl halides is 1. The Kier molecular flexibility index (Phi) is 3.19. The fourth-order valence-corrected chi connectivity index (χ4v) is 2.15. The highest BCUT2D eigenvalue weighted by molar-refractivity contribution is 9.10. The highest BCUT2D eigenvalue weighted by Crippen LogP contribution is 2.32. The van der Waals surface area contributed by atoms with E-state index in [1.807, 2.05) is 24.3 Å². The predicted molar refractivity (Wildman–Crippen MR) is 56.9 cm³/mol. The average Bonchev–Trinajstić information content (AvgIpc) is 2.69. The van der Waals surface area contributed by atoms with Crippen molar-refractivity contribution in [2.24, 2.45) is 5.92 Å². The molecule has 1 aromatic rings. The van der Waals surface area contributed by atoms with Crippen molar-refractivity contribution in [3.63, 3.8) is 0 Å². The Morgan fingerprint density at radius 3 is 3.00 bits per heavy atom. The van der Waals surface area contributed by atoms with Gasteiger partial charge in [-0.15, -0.1) is 0 Å². The fourth-order valence-electron chi connectivity index (χ4n) is 1.73. The van der Waals surface area contributed by atoms with E-state index in [1.165, 1.54) is 0 Å². The molecule has 1 heterocycles. The monoisotopic (exact) mass is 258 g/mol. The second-order valence-electron chi connectivity index (χ2n) is 3.58. The topological polar surface area (TPSA) is 9.23 Å².